The van der Waals surface area contributed by atoms with Crippen molar-refractivity contribution in [2.24, 2.45) is 5.92 Å². The van der Waals surface area contributed by atoms with E-state index in [1.165, 1.54) is 11.3 Å². The molecule has 1 aliphatic heterocycles. The minimum Gasteiger partial charge on any atom is -0.354 e. The van der Waals surface area contributed by atoms with Gasteiger partial charge in [-0.25, -0.2) is 8.78 Å². The summed E-state index contributed by atoms with van der Waals surface area (Å²) in [4.78, 5) is 29.8. The zero-order valence-corrected chi connectivity index (χ0v) is 18.8. The molecule has 3 rings (SSSR count). The molecule has 1 heterocycles. The van der Waals surface area contributed by atoms with Crippen molar-refractivity contribution >= 4 is 11.8 Å². The molecular formula is C24H35F2N3O2. The molecule has 1 N–H and O–H groups in total. The molecule has 0 bridgehead atoms. The maximum Gasteiger partial charge on any atom is 0.256 e. The average Bonchev–Trinajstić information content (AvgIpc) is 2.75. The SMILES string of the molecule is CC(C)CN1CCCN(C(=O)c2cc(F)ccc2F)CCNC(=O)CC12CCCCC2. The molecule has 0 unspecified atom stereocenters. The van der Waals surface area contributed by atoms with Gasteiger partial charge in [0.05, 0.1) is 5.56 Å². The fraction of sp³-hybridized carbons (Fsp3) is 0.667. The van der Waals surface area contributed by atoms with Crippen LogP contribution < -0.4 is 5.32 Å². The van der Waals surface area contributed by atoms with Crippen LogP contribution in [0.5, 0.6) is 0 Å². The standard InChI is InChI=1S/C24H35F2N3O2/c1-18(2)17-29-13-6-12-28(23(31)20-15-19(25)7-8-21(20)26)14-11-27-22(30)16-24(29)9-4-3-5-10-24/h7-8,15,18H,3-6,9-14,16-17H2,1-2H3,(H,27,30). The summed E-state index contributed by atoms with van der Waals surface area (Å²) < 4.78 is 27.8. The quantitative estimate of drug-likeness (QED) is 0.782. The highest BCUT2D eigenvalue weighted by atomic mass is 19.1. The molecular weight excluding hydrogens is 400 g/mol. The van der Waals surface area contributed by atoms with E-state index in [1.54, 1.807) is 0 Å². The van der Waals surface area contributed by atoms with Crippen LogP contribution in [0.25, 0.3) is 0 Å². The molecule has 172 valence electrons. The van der Waals surface area contributed by atoms with Crippen molar-refractivity contribution < 1.29 is 18.4 Å². The highest BCUT2D eigenvalue weighted by Gasteiger charge is 2.40. The van der Waals surface area contributed by atoms with Crippen LogP contribution in [-0.2, 0) is 4.79 Å². The smallest absolute Gasteiger partial charge is 0.256 e. The molecule has 7 heteroatoms. The Morgan fingerprint density at radius 3 is 2.55 bits per heavy atom. The van der Waals surface area contributed by atoms with E-state index in [-0.39, 0.29) is 23.6 Å². The van der Waals surface area contributed by atoms with E-state index < -0.39 is 17.5 Å². The maximum atomic E-state index is 14.2. The molecule has 1 aromatic carbocycles. The molecule has 2 aliphatic rings. The van der Waals surface area contributed by atoms with Crippen molar-refractivity contribution in [3.63, 3.8) is 0 Å². The Morgan fingerprint density at radius 1 is 1.10 bits per heavy atom. The van der Waals surface area contributed by atoms with Gasteiger partial charge in [0.25, 0.3) is 5.91 Å². The summed E-state index contributed by atoms with van der Waals surface area (Å²) in [6.45, 7) is 7.07. The van der Waals surface area contributed by atoms with E-state index in [0.29, 0.717) is 25.4 Å². The van der Waals surface area contributed by atoms with Crippen LogP contribution in [0.4, 0.5) is 8.78 Å². The highest BCUT2D eigenvalue weighted by molar-refractivity contribution is 5.94. The summed E-state index contributed by atoms with van der Waals surface area (Å²) in [5.74, 6) is -1.44. The molecule has 1 aromatic rings. The summed E-state index contributed by atoms with van der Waals surface area (Å²) in [7, 11) is 0. The Bertz CT molecular complexity index is 778. The van der Waals surface area contributed by atoms with Gasteiger partial charge in [-0.15, -0.1) is 0 Å². The second kappa shape index (κ2) is 10.5. The number of rotatable bonds is 3. The van der Waals surface area contributed by atoms with Crippen molar-refractivity contribution in [3.05, 3.63) is 35.4 Å². The first-order chi connectivity index (χ1) is 14.8. The number of nitrogens with one attached hydrogen (secondary N) is 1. The second-order valence-electron chi connectivity index (χ2n) is 9.42. The van der Waals surface area contributed by atoms with Gasteiger partial charge in [0.2, 0.25) is 5.91 Å². The van der Waals surface area contributed by atoms with Crippen molar-refractivity contribution in [2.45, 2.75) is 64.3 Å². The number of halogens is 2. The lowest BCUT2D eigenvalue weighted by atomic mass is 9.77. The molecule has 2 fully saturated rings. The number of hydrogen-bond acceptors (Lipinski definition) is 3. The van der Waals surface area contributed by atoms with Crippen LogP contribution in [-0.4, -0.2) is 59.9 Å². The predicted molar refractivity (Wildman–Crippen MR) is 117 cm³/mol. The van der Waals surface area contributed by atoms with Gasteiger partial charge in [-0.1, -0.05) is 33.1 Å². The molecule has 31 heavy (non-hydrogen) atoms. The van der Waals surface area contributed by atoms with E-state index in [1.807, 2.05) is 0 Å². The second-order valence-corrected chi connectivity index (χ2v) is 9.42. The predicted octanol–water partition coefficient (Wildman–Crippen LogP) is 3.98. The molecule has 2 amide bonds. The zero-order valence-electron chi connectivity index (χ0n) is 18.8. The summed E-state index contributed by atoms with van der Waals surface area (Å²) in [5.41, 5.74) is -0.385. The van der Waals surface area contributed by atoms with Crippen LogP contribution in [0.2, 0.25) is 0 Å². The molecule has 5 nitrogen and oxygen atoms in total. The minimum absolute atomic E-state index is 0.00175. The Labute approximate surface area is 184 Å². The Hall–Kier alpha value is -2.02. The fourth-order valence-electron chi connectivity index (χ4n) is 5.07. The number of nitrogens with zero attached hydrogens (tertiary/aromatic N) is 2. The zero-order chi connectivity index (χ0) is 22.4. The van der Waals surface area contributed by atoms with Gasteiger partial charge in [-0.05, 0) is 43.4 Å². The number of carbonyl (C=O) groups excluding carboxylic acids is 2. The third kappa shape index (κ3) is 6.03. The van der Waals surface area contributed by atoms with Crippen LogP contribution in [0, 0.1) is 17.6 Å². The number of benzene rings is 1. The molecule has 0 radical (unpaired) electrons. The van der Waals surface area contributed by atoms with Crippen molar-refractivity contribution in [1.29, 1.82) is 0 Å². The largest absolute Gasteiger partial charge is 0.354 e. The third-order valence-corrected chi connectivity index (χ3v) is 6.54. The molecule has 0 aromatic heterocycles. The summed E-state index contributed by atoms with van der Waals surface area (Å²) >= 11 is 0. The van der Waals surface area contributed by atoms with Gasteiger partial charge < -0.3 is 10.2 Å². The Balaban J connectivity index is 1.81. The van der Waals surface area contributed by atoms with E-state index in [2.05, 4.69) is 24.1 Å². The number of amides is 2. The fourth-order valence-corrected chi connectivity index (χ4v) is 5.07. The van der Waals surface area contributed by atoms with E-state index in [9.17, 15) is 18.4 Å². The van der Waals surface area contributed by atoms with Gasteiger partial charge in [0.1, 0.15) is 11.6 Å². The first-order valence-corrected chi connectivity index (χ1v) is 11.6. The lowest BCUT2D eigenvalue weighted by molar-refractivity contribution is -0.125. The average molecular weight is 436 g/mol. The Morgan fingerprint density at radius 2 is 1.84 bits per heavy atom. The molecule has 1 aliphatic carbocycles. The molecule has 1 spiro atoms. The van der Waals surface area contributed by atoms with Crippen LogP contribution in [0.15, 0.2) is 18.2 Å². The summed E-state index contributed by atoms with van der Waals surface area (Å²) in [5, 5.41) is 2.96. The van der Waals surface area contributed by atoms with Crippen LogP contribution in [0.3, 0.4) is 0 Å². The van der Waals surface area contributed by atoms with Crippen molar-refractivity contribution in [1.82, 2.24) is 15.1 Å². The van der Waals surface area contributed by atoms with Gasteiger partial charge in [-0.2, -0.15) is 0 Å². The minimum atomic E-state index is -0.729. The third-order valence-electron chi connectivity index (χ3n) is 6.54. The van der Waals surface area contributed by atoms with E-state index in [4.69, 9.17) is 0 Å². The van der Waals surface area contributed by atoms with Gasteiger partial charge in [0.15, 0.2) is 0 Å². The first-order valence-electron chi connectivity index (χ1n) is 11.6. The lowest BCUT2D eigenvalue weighted by Crippen LogP contribution is -2.54. The monoisotopic (exact) mass is 435 g/mol. The number of carbonyl (C=O) groups is 2. The maximum absolute atomic E-state index is 14.2. The first kappa shape index (κ1) is 23.6. The Kier molecular flexibility index (Phi) is 8.03. The van der Waals surface area contributed by atoms with E-state index in [0.717, 1.165) is 63.4 Å². The lowest BCUT2D eigenvalue weighted by Gasteiger charge is -2.47. The topological polar surface area (TPSA) is 52.6 Å². The van der Waals surface area contributed by atoms with Gasteiger partial charge in [-0.3, -0.25) is 14.5 Å². The van der Waals surface area contributed by atoms with Gasteiger partial charge >= 0.3 is 0 Å². The van der Waals surface area contributed by atoms with Crippen LogP contribution in [0.1, 0.15) is 69.2 Å². The highest BCUT2D eigenvalue weighted by Crippen LogP contribution is 2.37. The molecule has 0 atom stereocenters. The van der Waals surface area contributed by atoms with Crippen molar-refractivity contribution in [2.75, 3.05) is 32.7 Å². The van der Waals surface area contributed by atoms with Crippen molar-refractivity contribution in [3.8, 4) is 0 Å². The summed E-state index contributed by atoms with van der Waals surface area (Å²) in [6.07, 6.45) is 6.71. The van der Waals surface area contributed by atoms with Gasteiger partial charge in [0, 0.05) is 44.7 Å². The van der Waals surface area contributed by atoms with E-state index >= 15 is 0 Å². The van der Waals surface area contributed by atoms with Crippen LogP contribution >= 0.6 is 0 Å². The molecule has 1 saturated carbocycles. The summed E-state index contributed by atoms with van der Waals surface area (Å²) in [6, 6.07) is 2.93. The molecule has 1 saturated heterocycles. The number of hydrogen-bond donors (Lipinski definition) is 1. The normalized spacial score (nSPS) is 21.1.